The Hall–Kier alpha value is -2.64. The molecule has 0 radical (unpaired) electrons. The molecule has 0 unspecified atom stereocenters. The number of aryl methyl sites for hydroxylation is 1. The zero-order chi connectivity index (χ0) is 24.8. The lowest BCUT2D eigenvalue weighted by atomic mass is 9.87. The van der Waals surface area contributed by atoms with Gasteiger partial charge in [-0.05, 0) is 56.0 Å². The van der Waals surface area contributed by atoms with Crippen molar-refractivity contribution in [2.24, 2.45) is 5.92 Å². The summed E-state index contributed by atoms with van der Waals surface area (Å²) >= 11 is 1.78. The molecule has 0 atom stereocenters. The summed E-state index contributed by atoms with van der Waals surface area (Å²) in [6.45, 7) is 11.7. The van der Waals surface area contributed by atoms with Gasteiger partial charge in [-0.15, -0.1) is 11.8 Å². The molecule has 186 valence electrons. The average Bonchev–Trinajstić information content (AvgIpc) is 3.31. The second-order valence-corrected chi connectivity index (χ2v) is 11.5. The van der Waals surface area contributed by atoms with Crippen LogP contribution in [0.5, 0.6) is 0 Å². The van der Waals surface area contributed by atoms with Gasteiger partial charge in [0.1, 0.15) is 0 Å². The highest BCUT2D eigenvalue weighted by molar-refractivity contribution is 7.99. The number of carbonyl (C=O) groups is 1. The maximum Gasteiger partial charge on any atom is 0.241 e. The smallest absolute Gasteiger partial charge is 0.241 e. The van der Waals surface area contributed by atoms with Crippen LogP contribution in [0.3, 0.4) is 0 Å². The van der Waals surface area contributed by atoms with Crippen molar-refractivity contribution in [3.63, 3.8) is 0 Å². The number of piperidine rings is 1. The first kappa shape index (κ1) is 25.5. The van der Waals surface area contributed by atoms with Gasteiger partial charge in [-0.2, -0.15) is 4.98 Å². The monoisotopic (exact) mass is 492 g/mol. The van der Waals surface area contributed by atoms with Crippen molar-refractivity contribution in [2.45, 2.75) is 57.4 Å². The summed E-state index contributed by atoms with van der Waals surface area (Å²) in [6, 6.07) is 16.9. The summed E-state index contributed by atoms with van der Waals surface area (Å²) in [5.41, 5.74) is 3.62. The Labute approximate surface area is 212 Å². The van der Waals surface area contributed by atoms with Crippen LogP contribution < -0.4 is 5.32 Å². The summed E-state index contributed by atoms with van der Waals surface area (Å²) in [6.07, 6.45) is 1.71. The lowest BCUT2D eigenvalue weighted by Gasteiger charge is -2.30. The highest BCUT2D eigenvalue weighted by Gasteiger charge is 2.26. The van der Waals surface area contributed by atoms with Crippen LogP contribution >= 0.6 is 11.8 Å². The largest absolute Gasteiger partial charge is 0.355 e. The van der Waals surface area contributed by atoms with Crippen molar-refractivity contribution in [1.29, 1.82) is 0 Å². The summed E-state index contributed by atoms with van der Waals surface area (Å²) < 4.78 is 5.52. The molecule has 1 amide bonds. The van der Waals surface area contributed by atoms with E-state index in [0.29, 0.717) is 24.8 Å². The predicted molar refractivity (Wildman–Crippen MR) is 141 cm³/mol. The van der Waals surface area contributed by atoms with Crippen molar-refractivity contribution in [1.82, 2.24) is 20.4 Å². The van der Waals surface area contributed by atoms with Crippen LogP contribution in [0.1, 0.15) is 50.6 Å². The molecule has 35 heavy (non-hydrogen) atoms. The van der Waals surface area contributed by atoms with Crippen molar-refractivity contribution >= 4 is 17.7 Å². The lowest BCUT2D eigenvalue weighted by molar-refractivity contribution is -0.126. The van der Waals surface area contributed by atoms with Crippen LogP contribution in [0.25, 0.3) is 11.4 Å². The van der Waals surface area contributed by atoms with Gasteiger partial charge >= 0.3 is 0 Å². The van der Waals surface area contributed by atoms with Crippen molar-refractivity contribution in [3.05, 3.63) is 65.5 Å². The first-order valence-corrected chi connectivity index (χ1v) is 13.4. The van der Waals surface area contributed by atoms with Crippen LogP contribution in [0.15, 0.2) is 57.9 Å². The predicted octanol–water partition coefficient (Wildman–Crippen LogP) is 5.46. The summed E-state index contributed by atoms with van der Waals surface area (Å²) in [5.74, 6) is 2.38. The fraction of sp³-hybridized carbons (Fsp3) is 0.464. The molecule has 1 aliphatic rings. The number of carbonyl (C=O) groups excluding carboxylic acids is 1. The molecular weight excluding hydrogens is 456 g/mol. The molecule has 1 N–H and O–H groups in total. The Morgan fingerprint density at radius 2 is 1.77 bits per heavy atom. The van der Waals surface area contributed by atoms with Crippen LogP contribution in [0.2, 0.25) is 0 Å². The van der Waals surface area contributed by atoms with E-state index in [0.717, 1.165) is 37.2 Å². The van der Waals surface area contributed by atoms with Gasteiger partial charge in [-0.3, -0.25) is 9.69 Å². The first-order chi connectivity index (χ1) is 16.8. The Morgan fingerprint density at radius 3 is 2.43 bits per heavy atom. The zero-order valence-corrected chi connectivity index (χ0v) is 22.0. The molecule has 6 nitrogen and oxygen atoms in total. The van der Waals surface area contributed by atoms with E-state index in [1.54, 1.807) is 11.8 Å². The van der Waals surface area contributed by atoms with Gasteiger partial charge in [0.2, 0.25) is 17.6 Å². The number of nitrogens with one attached hydrogen (secondary N) is 1. The Balaban J connectivity index is 1.18. The zero-order valence-electron chi connectivity index (χ0n) is 21.2. The van der Waals surface area contributed by atoms with Gasteiger partial charge in [0.25, 0.3) is 0 Å². The van der Waals surface area contributed by atoms with E-state index in [1.165, 1.54) is 16.0 Å². The maximum absolute atomic E-state index is 12.6. The molecule has 0 spiro atoms. The number of aromatic nitrogens is 2. The number of benzene rings is 2. The number of hydrogen-bond donors (Lipinski definition) is 1. The van der Waals surface area contributed by atoms with Crippen molar-refractivity contribution < 1.29 is 9.32 Å². The van der Waals surface area contributed by atoms with E-state index < -0.39 is 0 Å². The molecule has 0 bridgehead atoms. The Bertz CT molecular complexity index is 1100. The number of hydrogen-bond acceptors (Lipinski definition) is 6. The highest BCUT2D eigenvalue weighted by Crippen LogP contribution is 2.25. The summed E-state index contributed by atoms with van der Waals surface area (Å²) in [5, 5.41) is 7.29. The second-order valence-electron chi connectivity index (χ2n) is 10.3. The topological polar surface area (TPSA) is 71.3 Å². The van der Waals surface area contributed by atoms with Crippen molar-refractivity contribution in [2.75, 3.05) is 25.4 Å². The number of amides is 1. The molecule has 0 aliphatic carbocycles. The molecule has 2 aromatic carbocycles. The molecule has 1 aliphatic heterocycles. The van der Waals surface area contributed by atoms with E-state index >= 15 is 0 Å². The molecule has 2 heterocycles. The molecule has 7 heteroatoms. The first-order valence-electron chi connectivity index (χ1n) is 12.4. The van der Waals surface area contributed by atoms with Crippen LogP contribution in [-0.4, -0.2) is 46.3 Å². The average molecular weight is 493 g/mol. The molecule has 0 saturated carbocycles. The fourth-order valence-electron chi connectivity index (χ4n) is 4.22. The number of nitrogens with zero attached hydrogens (tertiary/aromatic N) is 3. The van der Waals surface area contributed by atoms with Crippen LogP contribution in [0.4, 0.5) is 0 Å². The highest BCUT2D eigenvalue weighted by atomic mass is 32.2. The number of likely N-dealkylation sites (tertiary alicyclic amines) is 1. The van der Waals surface area contributed by atoms with E-state index in [9.17, 15) is 4.79 Å². The summed E-state index contributed by atoms with van der Waals surface area (Å²) in [7, 11) is 0. The Morgan fingerprint density at radius 1 is 1.09 bits per heavy atom. The second kappa shape index (κ2) is 11.4. The molecule has 1 saturated heterocycles. The molecular formula is C28H36N4O2S. The minimum absolute atomic E-state index is 0.0789. The fourth-order valence-corrected chi connectivity index (χ4v) is 4.99. The minimum Gasteiger partial charge on any atom is -0.355 e. The number of thioether (sulfide) groups is 1. The van der Waals surface area contributed by atoms with Crippen LogP contribution in [-0.2, 0) is 16.8 Å². The van der Waals surface area contributed by atoms with Crippen molar-refractivity contribution in [3.8, 4) is 11.4 Å². The number of rotatable bonds is 8. The van der Waals surface area contributed by atoms with E-state index in [1.807, 2.05) is 0 Å². The molecule has 1 aromatic heterocycles. The SMILES string of the molecule is Cc1ccc(SCCNC(=O)C2CCN(Cc3nc(-c4ccc(C(C)(C)C)cc4)no3)CC2)cc1. The van der Waals surface area contributed by atoms with E-state index in [4.69, 9.17) is 4.52 Å². The van der Waals surface area contributed by atoms with Gasteiger partial charge in [0.05, 0.1) is 6.54 Å². The molecule has 1 fully saturated rings. The van der Waals surface area contributed by atoms with Gasteiger partial charge in [-0.1, -0.05) is 67.9 Å². The van der Waals surface area contributed by atoms with Gasteiger partial charge in [0.15, 0.2) is 0 Å². The third-order valence-corrected chi connectivity index (χ3v) is 7.50. The normalized spacial score (nSPS) is 15.3. The third-order valence-electron chi connectivity index (χ3n) is 6.49. The van der Waals surface area contributed by atoms with E-state index in [2.05, 4.69) is 96.6 Å². The van der Waals surface area contributed by atoms with Crippen LogP contribution in [0, 0.1) is 12.8 Å². The standard InChI is InChI=1S/C28H36N4O2S/c1-20-5-11-24(12-6-20)35-18-15-29-27(33)22-13-16-32(17-14-22)19-25-30-26(31-34-25)21-7-9-23(10-8-21)28(2,3)4/h5-12,22H,13-19H2,1-4H3,(H,29,33). The lowest BCUT2D eigenvalue weighted by Crippen LogP contribution is -2.40. The molecule has 4 rings (SSSR count). The third kappa shape index (κ3) is 7.18. The Kier molecular flexibility index (Phi) is 8.29. The van der Waals surface area contributed by atoms with Gasteiger partial charge in [0, 0.05) is 28.7 Å². The maximum atomic E-state index is 12.6. The minimum atomic E-state index is 0.0789. The van der Waals surface area contributed by atoms with E-state index in [-0.39, 0.29) is 17.2 Å². The summed E-state index contributed by atoms with van der Waals surface area (Å²) in [4.78, 5) is 20.7. The van der Waals surface area contributed by atoms with Gasteiger partial charge in [-0.25, -0.2) is 0 Å². The molecule has 3 aromatic rings. The van der Waals surface area contributed by atoms with Gasteiger partial charge < -0.3 is 9.84 Å². The quantitative estimate of drug-likeness (QED) is 0.332.